The number of hydrogen-bond acceptors (Lipinski definition) is 5. The maximum atomic E-state index is 12.2. The monoisotopic (exact) mass is 275 g/mol. The first-order chi connectivity index (χ1) is 9.69. The summed E-state index contributed by atoms with van der Waals surface area (Å²) in [6.45, 7) is 2.56. The molecule has 0 aliphatic heterocycles. The van der Waals surface area contributed by atoms with Crippen LogP contribution in [0.2, 0.25) is 0 Å². The average molecular weight is 275 g/mol. The highest BCUT2D eigenvalue weighted by atomic mass is 16.3. The number of aliphatic hydroxyl groups is 1. The van der Waals surface area contributed by atoms with Gasteiger partial charge in [-0.2, -0.15) is 10.1 Å². The molecule has 0 unspecified atom stereocenters. The first kappa shape index (κ1) is 13.0. The van der Waals surface area contributed by atoms with Gasteiger partial charge in [-0.15, -0.1) is 0 Å². The lowest BCUT2D eigenvalue weighted by Crippen LogP contribution is -2.38. The molecular formula is C13H17N5O2. The number of aromatic nitrogens is 4. The third kappa shape index (κ3) is 2.24. The van der Waals surface area contributed by atoms with Gasteiger partial charge < -0.3 is 10.4 Å². The fourth-order valence-corrected chi connectivity index (χ4v) is 2.55. The SMILES string of the molecule is CCc1c(C(=O)NCC2CC(O)C2)cnc2ncnn12. The Kier molecular flexibility index (Phi) is 3.35. The van der Waals surface area contributed by atoms with Crippen LogP contribution in [0.5, 0.6) is 0 Å². The van der Waals surface area contributed by atoms with Gasteiger partial charge in [0.15, 0.2) is 0 Å². The van der Waals surface area contributed by atoms with E-state index in [-0.39, 0.29) is 12.0 Å². The van der Waals surface area contributed by atoms with Crippen LogP contribution in [0, 0.1) is 5.92 Å². The van der Waals surface area contributed by atoms with E-state index in [1.807, 2.05) is 6.92 Å². The molecule has 1 fully saturated rings. The van der Waals surface area contributed by atoms with Crippen LogP contribution in [0.15, 0.2) is 12.5 Å². The molecular weight excluding hydrogens is 258 g/mol. The number of hydrogen-bond donors (Lipinski definition) is 2. The molecule has 1 saturated carbocycles. The summed E-state index contributed by atoms with van der Waals surface area (Å²) in [6.07, 6.45) is 4.99. The van der Waals surface area contributed by atoms with Gasteiger partial charge in [0.1, 0.15) is 6.33 Å². The van der Waals surface area contributed by atoms with Crippen molar-refractivity contribution in [2.75, 3.05) is 6.54 Å². The lowest BCUT2D eigenvalue weighted by atomic mass is 9.82. The van der Waals surface area contributed by atoms with Gasteiger partial charge in [0.25, 0.3) is 11.7 Å². The highest BCUT2D eigenvalue weighted by molar-refractivity contribution is 5.95. The minimum Gasteiger partial charge on any atom is -0.393 e. The number of rotatable bonds is 4. The molecule has 2 heterocycles. The summed E-state index contributed by atoms with van der Waals surface area (Å²) in [5, 5.41) is 16.2. The number of amides is 1. The normalized spacial score (nSPS) is 21.7. The summed E-state index contributed by atoms with van der Waals surface area (Å²) in [5.74, 6) is 0.732. The number of aryl methyl sites for hydroxylation is 1. The second kappa shape index (κ2) is 5.16. The van der Waals surface area contributed by atoms with E-state index in [9.17, 15) is 9.90 Å². The van der Waals surface area contributed by atoms with Crippen LogP contribution in [0.25, 0.3) is 5.78 Å². The number of carbonyl (C=O) groups is 1. The van der Waals surface area contributed by atoms with Crippen LogP contribution in [0.1, 0.15) is 35.8 Å². The average Bonchev–Trinajstić information content (AvgIpc) is 2.89. The van der Waals surface area contributed by atoms with Crippen molar-refractivity contribution in [3.63, 3.8) is 0 Å². The van der Waals surface area contributed by atoms with Crippen molar-refractivity contribution < 1.29 is 9.90 Å². The first-order valence-electron chi connectivity index (χ1n) is 6.83. The zero-order valence-electron chi connectivity index (χ0n) is 11.3. The minimum absolute atomic E-state index is 0.145. The van der Waals surface area contributed by atoms with Gasteiger partial charge in [0.2, 0.25) is 0 Å². The molecule has 0 radical (unpaired) electrons. The Morgan fingerprint density at radius 2 is 2.30 bits per heavy atom. The number of fused-ring (bicyclic) bond motifs is 1. The van der Waals surface area contributed by atoms with E-state index in [2.05, 4.69) is 20.4 Å². The Morgan fingerprint density at radius 1 is 1.50 bits per heavy atom. The van der Waals surface area contributed by atoms with Gasteiger partial charge in [-0.3, -0.25) is 4.79 Å². The molecule has 1 amide bonds. The molecule has 1 aliphatic rings. The molecule has 2 aromatic heterocycles. The van der Waals surface area contributed by atoms with E-state index < -0.39 is 0 Å². The molecule has 0 bridgehead atoms. The van der Waals surface area contributed by atoms with Crippen LogP contribution < -0.4 is 5.32 Å². The van der Waals surface area contributed by atoms with Gasteiger partial charge in [-0.1, -0.05) is 6.92 Å². The number of carbonyl (C=O) groups excluding carboxylic acids is 1. The third-order valence-corrected chi connectivity index (χ3v) is 3.75. The van der Waals surface area contributed by atoms with Crippen molar-refractivity contribution in [1.82, 2.24) is 24.9 Å². The zero-order valence-corrected chi connectivity index (χ0v) is 11.3. The molecule has 2 aromatic rings. The Bertz CT molecular complexity index is 633. The lowest BCUT2D eigenvalue weighted by molar-refractivity contribution is 0.0420. The van der Waals surface area contributed by atoms with Gasteiger partial charge in [0, 0.05) is 12.7 Å². The van der Waals surface area contributed by atoms with Crippen molar-refractivity contribution in [3.05, 3.63) is 23.8 Å². The van der Waals surface area contributed by atoms with Crippen LogP contribution in [-0.2, 0) is 6.42 Å². The number of aliphatic hydroxyl groups excluding tert-OH is 1. The lowest BCUT2D eigenvalue weighted by Gasteiger charge is -2.31. The third-order valence-electron chi connectivity index (χ3n) is 3.75. The van der Waals surface area contributed by atoms with Crippen molar-refractivity contribution in [1.29, 1.82) is 0 Å². The Hall–Kier alpha value is -2.02. The largest absolute Gasteiger partial charge is 0.393 e. The highest BCUT2D eigenvalue weighted by Gasteiger charge is 2.27. The molecule has 7 heteroatoms. The highest BCUT2D eigenvalue weighted by Crippen LogP contribution is 2.26. The fraction of sp³-hybridized carbons (Fsp3) is 0.538. The van der Waals surface area contributed by atoms with Crippen LogP contribution >= 0.6 is 0 Å². The topological polar surface area (TPSA) is 92.4 Å². The molecule has 106 valence electrons. The predicted octanol–water partition coefficient (Wildman–Crippen LogP) is 0.187. The summed E-state index contributed by atoms with van der Waals surface area (Å²) in [4.78, 5) is 20.4. The maximum absolute atomic E-state index is 12.2. The van der Waals surface area contributed by atoms with Gasteiger partial charge in [0.05, 0.1) is 17.4 Å². The van der Waals surface area contributed by atoms with Crippen LogP contribution in [0.3, 0.4) is 0 Å². The summed E-state index contributed by atoms with van der Waals surface area (Å²) in [7, 11) is 0. The predicted molar refractivity (Wildman–Crippen MR) is 71.2 cm³/mol. The van der Waals surface area contributed by atoms with Crippen molar-refractivity contribution in [2.45, 2.75) is 32.3 Å². The van der Waals surface area contributed by atoms with Crippen molar-refractivity contribution in [3.8, 4) is 0 Å². The molecule has 0 saturated heterocycles. The van der Waals surface area contributed by atoms with Gasteiger partial charge in [-0.05, 0) is 25.2 Å². The van der Waals surface area contributed by atoms with E-state index in [1.165, 1.54) is 6.33 Å². The molecule has 2 N–H and O–H groups in total. The standard InChI is InChI=1S/C13H17N5O2/c1-2-11-10(6-15-13-16-7-17-18(11)13)12(20)14-5-8-3-9(19)4-8/h6-9,19H,2-5H2,1H3,(H,14,20). The first-order valence-corrected chi connectivity index (χ1v) is 6.83. The van der Waals surface area contributed by atoms with Crippen molar-refractivity contribution >= 4 is 11.7 Å². The molecule has 0 aromatic carbocycles. The molecule has 20 heavy (non-hydrogen) atoms. The van der Waals surface area contributed by atoms with E-state index in [0.717, 1.165) is 18.5 Å². The second-order valence-corrected chi connectivity index (χ2v) is 5.15. The Labute approximate surface area is 116 Å². The zero-order chi connectivity index (χ0) is 14.1. The summed E-state index contributed by atoms with van der Waals surface area (Å²) < 4.78 is 1.60. The van der Waals surface area contributed by atoms with E-state index >= 15 is 0 Å². The minimum atomic E-state index is -0.198. The summed E-state index contributed by atoms with van der Waals surface area (Å²) in [5.41, 5.74) is 1.34. The van der Waals surface area contributed by atoms with E-state index in [4.69, 9.17) is 0 Å². The van der Waals surface area contributed by atoms with Crippen molar-refractivity contribution in [2.24, 2.45) is 5.92 Å². The summed E-state index contributed by atoms with van der Waals surface area (Å²) >= 11 is 0. The quantitative estimate of drug-likeness (QED) is 0.831. The smallest absolute Gasteiger partial charge is 0.254 e. The number of nitrogens with zero attached hydrogens (tertiary/aromatic N) is 4. The molecule has 1 aliphatic carbocycles. The Balaban J connectivity index is 1.76. The number of nitrogens with one attached hydrogen (secondary N) is 1. The van der Waals surface area contributed by atoms with E-state index in [0.29, 0.717) is 30.2 Å². The Morgan fingerprint density at radius 3 is 3.00 bits per heavy atom. The second-order valence-electron chi connectivity index (χ2n) is 5.15. The van der Waals surface area contributed by atoms with E-state index in [1.54, 1.807) is 10.7 Å². The van der Waals surface area contributed by atoms with Crippen LogP contribution in [-0.4, -0.2) is 43.2 Å². The molecule has 7 nitrogen and oxygen atoms in total. The molecule has 0 atom stereocenters. The fourth-order valence-electron chi connectivity index (χ4n) is 2.55. The van der Waals surface area contributed by atoms with Crippen LogP contribution in [0.4, 0.5) is 0 Å². The maximum Gasteiger partial charge on any atom is 0.254 e. The van der Waals surface area contributed by atoms with Gasteiger partial charge in [-0.25, -0.2) is 9.50 Å². The summed E-state index contributed by atoms with van der Waals surface area (Å²) in [6, 6.07) is 0. The van der Waals surface area contributed by atoms with Gasteiger partial charge >= 0.3 is 0 Å². The molecule has 3 rings (SSSR count). The molecule has 0 spiro atoms.